The number of hydrogen-bond donors (Lipinski definition) is 1. The summed E-state index contributed by atoms with van der Waals surface area (Å²) in [5.74, 6) is -0.148. The van der Waals surface area contributed by atoms with Gasteiger partial charge in [-0.25, -0.2) is 14.1 Å². The lowest BCUT2D eigenvalue weighted by Gasteiger charge is -2.02. The Balaban J connectivity index is 2.28. The molecule has 1 aromatic carbocycles. The molecular formula is C12H9FN4O. The van der Waals surface area contributed by atoms with E-state index in [2.05, 4.69) is 15.1 Å². The van der Waals surface area contributed by atoms with Gasteiger partial charge in [-0.1, -0.05) is 0 Å². The van der Waals surface area contributed by atoms with E-state index < -0.39 is 5.82 Å². The van der Waals surface area contributed by atoms with Crippen LogP contribution in [0.15, 0.2) is 35.3 Å². The van der Waals surface area contributed by atoms with E-state index in [1.54, 1.807) is 12.3 Å². The van der Waals surface area contributed by atoms with Crippen molar-refractivity contribution in [3.05, 3.63) is 52.3 Å². The van der Waals surface area contributed by atoms with Gasteiger partial charge in [0.1, 0.15) is 5.82 Å². The second kappa shape index (κ2) is 3.76. The van der Waals surface area contributed by atoms with Gasteiger partial charge in [0.25, 0.3) is 5.56 Å². The molecule has 3 aromatic rings. The molecule has 0 bridgehead atoms. The lowest BCUT2D eigenvalue weighted by Crippen LogP contribution is -2.14. The highest BCUT2D eigenvalue weighted by Crippen LogP contribution is 2.10. The van der Waals surface area contributed by atoms with Gasteiger partial charge in [-0.05, 0) is 31.2 Å². The lowest BCUT2D eigenvalue weighted by molar-refractivity contribution is 0.629. The molecule has 90 valence electrons. The third-order valence-corrected chi connectivity index (χ3v) is 2.59. The number of nitrogens with one attached hydrogen (secondary N) is 1. The zero-order valence-corrected chi connectivity index (χ0v) is 9.51. The smallest absolute Gasteiger partial charge is 0.260 e. The van der Waals surface area contributed by atoms with Crippen LogP contribution < -0.4 is 5.56 Å². The average Bonchev–Trinajstić information content (AvgIpc) is 2.77. The van der Waals surface area contributed by atoms with Gasteiger partial charge in [0.15, 0.2) is 0 Å². The number of hydrogen-bond acceptors (Lipinski definition) is 3. The Morgan fingerprint density at radius 2 is 2.17 bits per heavy atom. The molecular weight excluding hydrogens is 235 g/mol. The van der Waals surface area contributed by atoms with Crippen LogP contribution in [0.25, 0.3) is 16.9 Å². The molecule has 6 heteroatoms. The second-order valence-electron chi connectivity index (χ2n) is 3.95. The second-order valence-corrected chi connectivity index (χ2v) is 3.95. The largest absolute Gasteiger partial charge is 0.290 e. The minimum atomic E-state index is -0.461. The Labute approximate surface area is 101 Å². The predicted octanol–water partition coefficient (Wildman–Crippen LogP) is 1.56. The first-order chi connectivity index (χ1) is 8.63. The van der Waals surface area contributed by atoms with Gasteiger partial charge >= 0.3 is 0 Å². The number of H-pyrrole nitrogens is 1. The maximum Gasteiger partial charge on any atom is 0.260 e. The van der Waals surface area contributed by atoms with Crippen molar-refractivity contribution in [2.45, 2.75) is 6.92 Å². The maximum atomic E-state index is 13.0. The molecule has 18 heavy (non-hydrogen) atoms. The van der Waals surface area contributed by atoms with E-state index in [1.165, 1.54) is 22.9 Å². The summed E-state index contributed by atoms with van der Waals surface area (Å²) in [5.41, 5.74) is 0.864. The molecule has 0 fully saturated rings. The standard InChI is InChI=1S/C12H9FN4O/c1-7-4-5-17(16-7)12-14-10-3-2-8(13)6-9(10)11(18)15-12/h2-6H,1H3,(H,14,15,18). The molecule has 0 atom stereocenters. The Kier molecular flexibility index (Phi) is 2.22. The number of halogens is 1. The van der Waals surface area contributed by atoms with E-state index >= 15 is 0 Å². The van der Waals surface area contributed by atoms with E-state index in [0.29, 0.717) is 11.5 Å². The quantitative estimate of drug-likeness (QED) is 0.706. The predicted molar refractivity (Wildman–Crippen MR) is 64.2 cm³/mol. The average molecular weight is 244 g/mol. The Morgan fingerprint density at radius 3 is 2.89 bits per heavy atom. The van der Waals surface area contributed by atoms with Crippen molar-refractivity contribution < 1.29 is 4.39 Å². The van der Waals surface area contributed by atoms with Gasteiger partial charge in [0.05, 0.1) is 16.6 Å². The molecule has 0 unspecified atom stereocenters. The van der Waals surface area contributed by atoms with Crippen LogP contribution in [0.4, 0.5) is 4.39 Å². The zero-order valence-electron chi connectivity index (χ0n) is 9.51. The molecule has 1 N–H and O–H groups in total. The monoisotopic (exact) mass is 244 g/mol. The lowest BCUT2D eigenvalue weighted by atomic mass is 10.2. The minimum absolute atomic E-state index is 0.225. The van der Waals surface area contributed by atoms with Crippen LogP contribution in [0.5, 0.6) is 0 Å². The fourth-order valence-electron chi connectivity index (χ4n) is 1.74. The molecule has 0 radical (unpaired) electrons. The number of fused-ring (bicyclic) bond motifs is 1. The number of benzene rings is 1. The third kappa shape index (κ3) is 1.67. The van der Waals surface area contributed by atoms with E-state index in [-0.39, 0.29) is 10.9 Å². The SMILES string of the molecule is Cc1ccn(-c2nc3ccc(F)cc3c(=O)[nH]2)n1. The van der Waals surface area contributed by atoms with Crippen LogP contribution >= 0.6 is 0 Å². The van der Waals surface area contributed by atoms with Gasteiger partial charge in [0, 0.05) is 6.20 Å². The number of nitrogens with zero attached hydrogens (tertiary/aromatic N) is 3. The van der Waals surface area contributed by atoms with Crippen molar-refractivity contribution >= 4 is 10.9 Å². The fourth-order valence-corrected chi connectivity index (χ4v) is 1.74. The highest BCUT2D eigenvalue weighted by Gasteiger charge is 2.07. The van der Waals surface area contributed by atoms with Crippen LogP contribution in [0, 0.1) is 12.7 Å². The van der Waals surface area contributed by atoms with Gasteiger partial charge in [-0.15, -0.1) is 0 Å². The fraction of sp³-hybridized carbons (Fsp3) is 0.0833. The number of aromatic nitrogens is 4. The molecule has 5 nitrogen and oxygen atoms in total. The molecule has 0 amide bonds. The summed E-state index contributed by atoms with van der Waals surface area (Å²) in [7, 11) is 0. The topological polar surface area (TPSA) is 63.6 Å². The van der Waals surface area contributed by atoms with Crippen molar-refractivity contribution in [3.63, 3.8) is 0 Å². The molecule has 0 aliphatic heterocycles. The molecule has 2 aromatic heterocycles. The van der Waals surface area contributed by atoms with Crippen molar-refractivity contribution in [1.29, 1.82) is 0 Å². The molecule has 3 rings (SSSR count). The summed E-state index contributed by atoms with van der Waals surface area (Å²) in [6.45, 7) is 1.84. The molecule has 0 aliphatic rings. The Hall–Kier alpha value is -2.50. The highest BCUT2D eigenvalue weighted by atomic mass is 19.1. The van der Waals surface area contributed by atoms with Gasteiger partial charge in [-0.3, -0.25) is 9.78 Å². The van der Waals surface area contributed by atoms with E-state index in [0.717, 1.165) is 5.69 Å². The number of aryl methyl sites for hydroxylation is 1. The summed E-state index contributed by atoms with van der Waals surface area (Å²) in [6, 6.07) is 5.71. The summed E-state index contributed by atoms with van der Waals surface area (Å²) >= 11 is 0. The summed E-state index contributed by atoms with van der Waals surface area (Å²) in [6.07, 6.45) is 1.70. The molecule has 2 heterocycles. The van der Waals surface area contributed by atoms with E-state index in [1.807, 2.05) is 6.92 Å². The molecule has 0 aliphatic carbocycles. The third-order valence-electron chi connectivity index (χ3n) is 2.59. The van der Waals surface area contributed by atoms with Crippen molar-refractivity contribution in [3.8, 4) is 5.95 Å². The van der Waals surface area contributed by atoms with Crippen molar-refractivity contribution in [1.82, 2.24) is 19.7 Å². The normalized spacial score (nSPS) is 11.0. The number of rotatable bonds is 1. The van der Waals surface area contributed by atoms with Crippen LogP contribution in [0.2, 0.25) is 0 Å². The van der Waals surface area contributed by atoms with Crippen LogP contribution in [0.3, 0.4) is 0 Å². The van der Waals surface area contributed by atoms with Crippen LogP contribution in [0.1, 0.15) is 5.69 Å². The first kappa shape index (κ1) is 10.6. The van der Waals surface area contributed by atoms with Crippen molar-refractivity contribution in [2.24, 2.45) is 0 Å². The van der Waals surface area contributed by atoms with Crippen LogP contribution in [-0.2, 0) is 0 Å². The minimum Gasteiger partial charge on any atom is -0.290 e. The van der Waals surface area contributed by atoms with E-state index in [9.17, 15) is 9.18 Å². The Morgan fingerprint density at radius 1 is 1.33 bits per heavy atom. The van der Waals surface area contributed by atoms with Gasteiger partial charge in [0.2, 0.25) is 5.95 Å². The first-order valence-corrected chi connectivity index (χ1v) is 5.36. The zero-order chi connectivity index (χ0) is 12.7. The van der Waals surface area contributed by atoms with Crippen LogP contribution in [-0.4, -0.2) is 19.7 Å². The first-order valence-electron chi connectivity index (χ1n) is 5.36. The molecule has 0 spiro atoms. The van der Waals surface area contributed by atoms with Crippen molar-refractivity contribution in [2.75, 3.05) is 0 Å². The van der Waals surface area contributed by atoms with E-state index in [4.69, 9.17) is 0 Å². The maximum absolute atomic E-state index is 13.0. The molecule has 0 saturated carbocycles. The Bertz CT molecular complexity index is 790. The summed E-state index contributed by atoms with van der Waals surface area (Å²) in [5, 5.41) is 4.38. The molecule has 0 saturated heterocycles. The summed E-state index contributed by atoms with van der Waals surface area (Å²) < 4.78 is 14.5. The number of aromatic amines is 1. The van der Waals surface area contributed by atoms with Gasteiger partial charge < -0.3 is 0 Å². The highest BCUT2D eigenvalue weighted by molar-refractivity contribution is 5.77. The van der Waals surface area contributed by atoms with Gasteiger partial charge in [-0.2, -0.15) is 5.10 Å². The summed E-state index contributed by atoms with van der Waals surface area (Å²) in [4.78, 5) is 18.6.